The van der Waals surface area contributed by atoms with E-state index in [0.29, 0.717) is 22.6 Å². The predicted octanol–water partition coefficient (Wildman–Crippen LogP) is 2.94. The molecule has 4 N–H and O–H groups in total. The maximum absolute atomic E-state index is 12.4. The number of amides is 1. The van der Waals surface area contributed by atoms with Crippen LogP contribution in [0, 0.1) is 6.92 Å². The summed E-state index contributed by atoms with van der Waals surface area (Å²) in [5.41, 5.74) is 11.0. The number of fused-ring (bicyclic) bond motifs is 1. The van der Waals surface area contributed by atoms with Crippen molar-refractivity contribution in [2.45, 2.75) is 6.92 Å². The van der Waals surface area contributed by atoms with Crippen molar-refractivity contribution in [1.82, 2.24) is 20.3 Å². The number of aryl methyl sites for hydroxylation is 1. The van der Waals surface area contributed by atoms with Crippen LogP contribution in [0.4, 0.5) is 23.1 Å². The number of anilines is 4. The Bertz CT molecular complexity index is 1090. The third-order valence-electron chi connectivity index (χ3n) is 4.45. The van der Waals surface area contributed by atoms with Gasteiger partial charge in [0.2, 0.25) is 5.95 Å². The third-order valence-corrected chi connectivity index (χ3v) is 4.45. The van der Waals surface area contributed by atoms with E-state index < -0.39 is 0 Å². The quantitative estimate of drug-likeness (QED) is 0.644. The van der Waals surface area contributed by atoms with E-state index in [-0.39, 0.29) is 11.9 Å². The molecule has 0 fully saturated rings. The number of benzene rings is 1. The summed E-state index contributed by atoms with van der Waals surface area (Å²) in [6, 6.07) is 7.70. The first-order valence-corrected chi connectivity index (χ1v) is 8.65. The van der Waals surface area contributed by atoms with Gasteiger partial charge in [-0.25, -0.2) is 20.3 Å². The monoisotopic (exact) mass is 372 g/mol. The molecule has 0 saturated carbocycles. The maximum Gasteiger partial charge on any atom is 0.281 e. The molecule has 3 heterocycles. The average Bonchev–Trinajstić information content (AvgIpc) is 2.70. The molecule has 0 spiro atoms. The number of pyridine rings is 1. The highest BCUT2D eigenvalue weighted by Crippen LogP contribution is 2.31. The largest absolute Gasteiger partial charge is 0.388 e. The van der Waals surface area contributed by atoms with Gasteiger partial charge in [-0.15, -0.1) is 0 Å². The molecule has 1 amide bonds. The molecule has 139 valence electrons. The Labute approximate surface area is 161 Å². The summed E-state index contributed by atoms with van der Waals surface area (Å²) in [5.74, 6) is 0.273. The lowest BCUT2D eigenvalue weighted by molar-refractivity contribution is 0.0965. The highest BCUT2D eigenvalue weighted by Gasteiger charge is 2.22. The van der Waals surface area contributed by atoms with Crippen LogP contribution in [0.25, 0.3) is 17.3 Å². The summed E-state index contributed by atoms with van der Waals surface area (Å²) in [4.78, 5) is 25.1. The van der Waals surface area contributed by atoms with Crippen molar-refractivity contribution in [1.29, 1.82) is 0 Å². The zero-order valence-electron chi connectivity index (χ0n) is 15.4. The Morgan fingerprint density at radius 2 is 1.89 bits per heavy atom. The molecule has 28 heavy (non-hydrogen) atoms. The van der Waals surface area contributed by atoms with Gasteiger partial charge in [0.1, 0.15) is 5.82 Å². The summed E-state index contributed by atoms with van der Waals surface area (Å²) in [5, 5.41) is 10.3. The Hall–Kier alpha value is -3.94. The number of nitrogens with one attached hydrogen (secondary N) is 2. The molecule has 1 radical (unpaired) electrons. The van der Waals surface area contributed by atoms with Crippen molar-refractivity contribution in [3.8, 4) is 11.3 Å². The van der Waals surface area contributed by atoms with Gasteiger partial charge in [0.05, 0.1) is 11.3 Å². The van der Waals surface area contributed by atoms with Gasteiger partial charge in [-0.05, 0) is 42.3 Å². The molecule has 0 unspecified atom stereocenters. The van der Waals surface area contributed by atoms with Crippen LogP contribution in [0.3, 0.4) is 0 Å². The van der Waals surface area contributed by atoms with E-state index >= 15 is 0 Å². The highest BCUT2D eigenvalue weighted by atomic mass is 16.1. The van der Waals surface area contributed by atoms with Crippen LogP contribution in [0.5, 0.6) is 0 Å². The molecule has 8 heteroatoms. The first kappa shape index (κ1) is 17.5. The molecule has 8 nitrogen and oxygen atoms in total. The van der Waals surface area contributed by atoms with Gasteiger partial charge < -0.3 is 16.4 Å². The minimum atomic E-state index is -0.339. The minimum absolute atomic E-state index is 0.188. The van der Waals surface area contributed by atoms with E-state index in [2.05, 4.69) is 30.9 Å². The maximum atomic E-state index is 12.4. The molecule has 0 atom stereocenters. The summed E-state index contributed by atoms with van der Waals surface area (Å²) < 4.78 is 0. The molecular formula is C20H18N7O. The van der Waals surface area contributed by atoms with E-state index in [9.17, 15) is 4.79 Å². The first-order chi connectivity index (χ1) is 13.5. The van der Waals surface area contributed by atoms with Crippen molar-refractivity contribution in [3.05, 3.63) is 59.5 Å². The van der Waals surface area contributed by atoms with Crippen LogP contribution < -0.4 is 21.7 Å². The smallest absolute Gasteiger partial charge is 0.281 e. The van der Waals surface area contributed by atoms with Gasteiger partial charge in [-0.1, -0.05) is 6.07 Å². The Morgan fingerprint density at radius 3 is 2.64 bits per heavy atom. The Balaban J connectivity index is 1.83. The van der Waals surface area contributed by atoms with Crippen molar-refractivity contribution in [3.63, 3.8) is 0 Å². The van der Waals surface area contributed by atoms with Crippen LogP contribution in [0.15, 0.2) is 42.9 Å². The predicted molar refractivity (Wildman–Crippen MR) is 109 cm³/mol. The molecule has 1 aromatic carbocycles. The number of aromatic nitrogens is 3. The Morgan fingerprint density at radius 1 is 1.11 bits per heavy atom. The summed E-state index contributed by atoms with van der Waals surface area (Å²) >= 11 is 0. The minimum Gasteiger partial charge on any atom is -0.388 e. The van der Waals surface area contributed by atoms with Crippen LogP contribution in [0.1, 0.15) is 21.5 Å². The van der Waals surface area contributed by atoms with Crippen molar-refractivity contribution < 1.29 is 4.79 Å². The number of carbonyl (C=O) groups is 1. The first-order valence-electron chi connectivity index (χ1n) is 8.65. The molecule has 0 bridgehead atoms. The summed E-state index contributed by atoms with van der Waals surface area (Å²) in [7, 11) is 1.86. The zero-order valence-corrected chi connectivity index (χ0v) is 15.4. The fraction of sp³-hybridized carbons (Fsp3) is 0.100. The van der Waals surface area contributed by atoms with Crippen molar-refractivity contribution in [2.24, 2.45) is 0 Å². The molecule has 3 aromatic rings. The van der Waals surface area contributed by atoms with Gasteiger partial charge in [-0.3, -0.25) is 4.79 Å². The standard InChI is InChI=1S/C20H18N7O/c1-11-3-4-14(8-15(11)22-2)26-18-17-12(5-6-23-19(17)28)7-16(27-18)13-9-24-20(21)25-10-13/h3-10,22H,1-2H3,(H,26,27)(H2,21,24,25). The van der Waals surface area contributed by atoms with E-state index in [1.807, 2.05) is 38.2 Å². The second-order valence-corrected chi connectivity index (χ2v) is 6.30. The molecule has 1 aliphatic rings. The van der Waals surface area contributed by atoms with Crippen molar-refractivity contribution in [2.75, 3.05) is 23.4 Å². The fourth-order valence-electron chi connectivity index (χ4n) is 2.99. The number of carbonyl (C=O) groups excluding carboxylic acids is 1. The number of nitrogens with zero attached hydrogens (tertiary/aromatic N) is 4. The van der Waals surface area contributed by atoms with Gasteiger partial charge in [0.25, 0.3) is 5.91 Å². The number of nitrogens with two attached hydrogens (primary N) is 1. The molecule has 0 aliphatic carbocycles. The number of rotatable bonds is 4. The number of nitrogen functional groups attached to an aromatic ring is 1. The average molecular weight is 372 g/mol. The SMILES string of the molecule is CNc1cc(Nc2nc(-c3cnc(N)nc3)cc3c2C(=O)[N]C=C3)ccc1C. The van der Waals surface area contributed by atoms with Gasteiger partial charge >= 0.3 is 0 Å². The van der Waals surface area contributed by atoms with Crippen LogP contribution >= 0.6 is 0 Å². The van der Waals surface area contributed by atoms with E-state index in [4.69, 9.17) is 5.73 Å². The Kier molecular flexibility index (Phi) is 4.36. The molecule has 0 saturated heterocycles. The lowest BCUT2D eigenvalue weighted by atomic mass is 10.0. The lowest BCUT2D eigenvalue weighted by Crippen LogP contribution is -2.18. The fourth-order valence-corrected chi connectivity index (χ4v) is 2.99. The lowest BCUT2D eigenvalue weighted by Gasteiger charge is -2.17. The van der Waals surface area contributed by atoms with E-state index in [1.54, 1.807) is 18.5 Å². The molecular weight excluding hydrogens is 354 g/mol. The molecule has 1 aliphatic heterocycles. The van der Waals surface area contributed by atoms with E-state index in [0.717, 1.165) is 22.5 Å². The highest BCUT2D eigenvalue weighted by molar-refractivity contribution is 6.05. The molecule has 4 rings (SSSR count). The number of hydrogen-bond donors (Lipinski definition) is 3. The third kappa shape index (κ3) is 3.23. The topological polar surface area (TPSA) is 120 Å². The van der Waals surface area contributed by atoms with Gasteiger partial charge in [-0.2, -0.15) is 0 Å². The number of hydrogen-bond acceptors (Lipinski definition) is 7. The van der Waals surface area contributed by atoms with Gasteiger partial charge in [0, 0.05) is 42.6 Å². The van der Waals surface area contributed by atoms with Crippen molar-refractivity contribution >= 4 is 35.1 Å². The summed E-state index contributed by atoms with van der Waals surface area (Å²) in [6.45, 7) is 2.02. The van der Waals surface area contributed by atoms with Crippen LogP contribution in [-0.2, 0) is 0 Å². The van der Waals surface area contributed by atoms with Crippen LogP contribution in [0.2, 0.25) is 0 Å². The zero-order chi connectivity index (χ0) is 19.7. The van der Waals surface area contributed by atoms with E-state index in [1.165, 1.54) is 6.20 Å². The molecule has 2 aromatic heterocycles. The second kappa shape index (κ2) is 6.99. The van der Waals surface area contributed by atoms with Gasteiger partial charge in [0.15, 0.2) is 0 Å². The van der Waals surface area contributed by atoms with Crippen LogP contribution in [-0.4, -0.2) is 27.9 Å². The summed E-state index contributed by atoms with van der Waals surface area (Å²) in [6.07, 6.45) is 6.47. The second-order valence-electron chi connectivity index (χ2n) is 6.30. The normalized spacial score (nSPS) is 12.3.